The lowest BCUT2D eigenvalue weighted by Crippen LogP contribution is -2.31. The van der Waals surface area contributed by atoms with Crippen molar-refractivity contribution in [3.05, 3.63) is 89.2 Å². The summed E-state index contributed by atoms with van der Waals surface area (Å²) in [6.07, 6.45) is -2.22. The molecule has 3 rings (SSSR count). The zero-order chi connectivity index (χ0) is 26.2. The number of benzene rings is 2. The first kappa shape index (κ1) is 26.1. The largest absolute Gasteiger partial charge is 0.448 e. The molecule has 0 saturated heterocycles. The van der Waals surface area contributed by atoms with Crippen molar-refractivity contribution in [2.45, 2.75) is 39.9 Å². The van der Waals surface area contributed by atoms with Crippen LogP contribution in [0.5, 0.6) is 0 Å². The number of aryl methyl sites for hydroxylation is 2. The number of anilines is 2. The van der Waals surface area contributed by atoms with Crippen LogP contribution in [0.25, 0.3) is 0 Å². The van der Waals surface area contributed by atoms with E-state index < -0.39 is 36.0 Å². The molecule has 0 aliphatic carbocycles. The second-order valence-corrected chi connectivity index (χ2v) is 8.11. The monoisotopic (exact) mass is 489 g/mol. The van der Waals surface area contributed by atoms with Gasteiger partial charge in [-0.25, -0.2) is 14.6 Å². The predicted molar refractivity (Wildman–Crippen MR) is 134 cm³/mol. The fourth-order valence-electron chi connectivity index (χ4n) is 3.11. The van der Waals surface area contributed by atoms with E-state index >= 15 is 0 Å². The molecule has 0 saturated carbocycles. The lowest BCUT2D eigenvalue weighted by atomic mass is 10.2. The lowest BCUT2D eigenvalue weighted by Gasteiger charge is -2.15. The summed E-state index contributed by atoms with van der Waals surface area (Å²) >= 11 is 0. The lowest BCUT2D eigenvalue weighted by molar-refractivity contribution is -0.124. The van der Waals surface area contributed by atoms with Gasteiger partial charge in [0.05, 0.1) is 0 Å². The number of esters is 2. The molecule has 2 atom stereocenters. The first-order valence-electron chi connectivity index (χ1n) is 11.3. The summed E-state index contributed by atoms with van der Waals surface area (Å²) in [5.41, 5.74) is 2.56. The zero-order valence-corrected chi connectivity index (χ0v) is 20.4. The van der Waals surface area contributed by atoms with E-state index in [0.717, 1.165) is 11.1 Å². The van der Waals surface area contributed by atoms with E-state index in [1.807, 2.05) is 38.1 Å². The van der Waals surface area contributed by atoms with Crippen molar-refractivity contribution in [1.82, 2.24) is 4.98 Å². The van der Waals surface area contributed by atoms with Crippen LogP contribution in [0.1, 0.15) is 46.0 Å². The quantitative estimate of drug-likeness (QED) is 0.457. The highest BCUT2D eigenvalue weighted by Crippen LogP contribution is 2.16. The maximum absolute atomic E-state index is 12.5. The highest BCUT2D eigenvalue weighted by atomic mass is 16.6. The first-order valence-corrected chi connectivity index (χ1v) is 11.3. The highest BCUT2D eigenvalue weighted by Gasteiger charge is 2.23. The van der Waals surface area contributed by atoms with Crippen LogP contribution in [-0.2, 0) is 19.1 Å². The van der Waals surface area contributed by atoms with E-state index in [9.17, 15) is 19.2 Å². The smallest absolute Gasteiger partial charge is 0.357 e. The fraction of sp³-hybridized carbons (Fsp3) is 0.222. The summed E-state index contributed by atoms with van der Waals surface area (Å²) in [4.78, 5) is 53.9. The van der Waals surface area contributed by atoms with Crippen LogP contribution in [0.2, 0.25) is 0 Å². The SMILES string of the molecule is Cc1ccccc1NC(=O)C(C)OC(=O)c1cccc(C(=O)OC(C)C(=O)Nc2ccccc2C)n1. The van der Waals surface area contributed by atoms with Gasteiger partial charge in [-0.2, -0.15) is 0 Å². The van der Waals surface area contributed by atoms with E-state index in [1.54, 1.807) is 24.3 Å². The molecule has 0 aliphatic heterocycles. The van der Waals surface area contributed by atoms with Gasteiger partial charge in [0, 0.05) is 11.4 Å². The number of pyridine rings is 1. The number of ether oxygens (including phenoxy) is 2. The standard InChI is InChI=1S/C27H27N3O6/c1-16-10-5-7-12-20(16)29-24(31)18(3)35-26(33)22-14-9-15-23(28-22)27(34)36-19(4)25(32)30-21-13-8-6-11-17(21)2/h5-15,18-19H,1-4H3,(H,29,31)(H,30,32). The van der Waals surface area contributed by atoms with Gasteiger partial charge in [0.25, 0.3) is 11.8 Å². The zero-order valence-electron chi connectivity index (χ0n) is 20.4. The Balaban J connectivity index is 1.59. The molecule has 9 heteroatoms. The van der Waals surface area contributed by atoms with Crippen LogP contribution >= 0.6 is 0 Å². The molecule has 9 nitrogen and oxygen atoms in total. The summed E-state index contributed by atoms with van der Waals surface area (Å²) < 4.78 is 10.4. The van der Waals surface area contributed by atoms with Gasteiger partial charge in [0.15, 0.2) is 12.2 Å². The van der Waals surface area contributed by atoms with Crippen LogP contribution in [0.3, 0.4) is 0 Å². The maximum atomic E-state index is 12.5. The summed E-state index contributed by atoms with van der Waals surface area (Å²) in [5.74, 6) is -2.80. The number of hydrogen-bond donors (Lipinski definition) is 2. The van der Waals surface area contributed by atoms with Crippen molar-refractivity contribution < 1.29 is 28.7 Å². The molecule has 2 amide bonds. The van der Waals surface area contributed by atoms with Gasteiger partial charge in [0.2, 0.25) is 0 Å². The van der Waals surface area contributed by atoms with Crippen molar-refractivity contribution in [2.75, 3.05) is 10.6 Å². The molecular weight excluding hydrogens is 462 g/mol. The molecule has 0 spiro atoms. The van der Waals surface area contributed by atoms with E-state index in [4.69, 9.17) is 9.47 Å². The minimum absolute atomic E-state index is 0.183. The Kier molecular flexibility index (Phi) is 8.51. The minimum Gasteiger partial charge on any atom is -0.448 e. The molecule has 3 aromatic rings. The minimum atomic E-state index is -1.11. The first-order chi connectivity index (χ1) is 17.2. The van der Waals surface area contributed by atoms with Gasteiger partial charge in [0.1, 0.15) is 11.4 Å². The number of carbonyl (C=O) groups is 4. The van der Waals surface area contributed by atoms with Crippen LogP contribution in [-0.4, -0.2) is 40.9 Å². The molecule has 1 heterocycles. The maximum Gasteiger partial charge on any atom is 0.357 e. The van der Waals surface area contributed by atoms with Crippen molar-refractivity contribution >= 4 is 35.1 Å². The molecule has 2 aromatic carbocycles. The molecule has 186 valence electrons. The number of para-hydroxylation sites is 2. The molecule has 36 heavy (non-hydrogen) atoms. The number of amides is 2. The normalized spacial score (nSPS) is 12.1. The second-order valence-electron chi connectivity index (χ2n) is 8.11. The average Bonchev–Trinajstić information content (AvgIpc) is 2.86. The van der Waals surface area contributed by atoms with Crippen LogP contribution in [0, 0.1) is 13.8 Å². The summed E-state index contributed by atoms with van der Waals surface area (Å²) in [6.45, 7) is 6.54. The Labute approximate surface area is 208 Å². The average molecular weight is 490 g/mol. The summed E-state index contributed by atoms with van der Waals surface area (Å²) in [7, 11) is 0. The molecule has 0 fully saturated rings. The fourth-order valence-corrected chi connectivity index (χ4v) is 3.11. The molecule has 1 aromatic heterocycles. The second kappa shape index (κ2) is 11.7. The Morgan fingerprint density at radius 3 is 1.42 bits per heavy atom. The van der Waals surface area contributed by atoms with Crippen molar-refractivity contribution in [2.24, 2.45) is 0 Å². The van der Waals surface area contributed by atoms with Crippen LogP contribution < -0.4 is 10.6 Å². The van der Waals surface area contributed by atoms with Gasteiger partial charge in [-0.05, 0) is 63.1 Å². The number of nitrogens with one attached hydrogen (secondary N) is 2. The van der Waals surface area contributed by atoms with Gasteiger partial charge < -0.3 is 20.1 Å². The number of hydrogen-bond acceptors (Lipinski definition) is 7. The molecule has 0 bridgehead atoms. The third-order valence-electron chi connectivity index (χ3n) is 5.28. The Morgan fingerprint density at radius 2 is 1.03 bits per heavy atom. The van der Waals surface area contributed by atoms with Crippen molar-refractivity contribution in [3.63, 3.8) is 0 Å². The predicted octanol–water partition coefficient (Wildman–Crippen LogP) is 4.07. The Hall–Kier alpha value is -4.53. The molecule has 2 unspecified atom stereocenters. The van der Waals surface area contributed by atoms with Crippen molar-refractivity contribution in [3.8, 4) is 0 Å². The summed E-state index contributed by atoms with van der Waals surface area (Å²) in [5, 5.41) is 5.40. The van der Waals surface area contributed by atoms with E-state index in [1.165, 1.54) is 32.0 Å². The Bertz CT molecular complexity index is 1200. The van der Waals surface area contributed by atoms with Crippen LogP contribution in [0.4, 0.5) is 11.4 Å². The number of aromatic nitrogens is 1. The summed E-state index contributed by atoms with van der Waals surface area (Å²) in [6, 6.07) is 18.5. The molecular formula is C27H27N3O6. The van der Waals surface area contributed by atoms with E-state index in [0.29, 0.717) is 11.4 Å². The van der Waals surface area contributed by atoms with Crippen molar-refractivity contribution in [1.29, 1.82) is 0 Å². The number of rotatable bonds is 8. The van der Waals surface area contributed by atoms with Gasteiger partial charge in [-0.3, -0.25) is 9.59 Å². The van der Waals surface area contributed by atoms with E-state index in [2.05, 4.69) is 15.6 Å². The topological polar surface area (TPSA) is 124 Å². The highest BCUT2D eigenvalue weighted by molar-refractivity contribution is 5.99. The van der Waals surface area contributed by atoms with Crippen LogP contribution in [0.15, 0.2) is 66.7 Å². The number of nitrogens with zero attached hydrogens (tertiary/aromatic N) is 1. The van der Waals surface area contributed by atoms with Gasteiger partial charge in [-0.15, -0.1) is 0 Å². The third-order valence-corrected chi connectivity index (χ3v) is 5.28. The van der Waals surface area contributed by atoms with Gasteiger partial charge >= 0.3 is 11.9 Å². The number of carbonyl (C=O) groups excluding carboxylic acids is 4. The Morgan fingerprint density at radius 1 is 0.639 bits per heavy atom. The third kappa shape index (κ3) is 6.75. The van der Waals surface area contributed by atoms with Gasteiger partial charge in [-0.1, -0.05) is 42.5 Å². The molecule has 0 radical (unpaired) electrons. The molecule has 0 aliphatic rings. The van der Waals surface area contributed by atoms with E-state index in [-0.39, 0.29) is 11.4 Å². The molecule has 2 N–H and O–H groups in total.